The molecule has 3 rings (SSSR count). The Morgan fingerprint density at radius 1 is 1.05 bits per heavy atom. The van der Waals surface area contributed by atoms with Gasteiger partial charge < -0.3 is 5.11 Å². The van der Waals surface area contributed by atoms with Gasteiger partial charge in [0.05, 0.1) is 5.52 Å². The Morgan fingerprint density at radius 3 is 2.75 bits per heavy atom. The molecule has 2 aromatic carbocycles. The summed E-state index contributed by atoms with van der Waals surface area (Å²) in [6, 6.07) is 17.2. The molecule has 20 heavy (non-hydrogen) atoms. The Hall–Kier alpha value is -1.71. The first kappa shape index (κ1) is 13.3. The van der Waals surface area contributed by atoms with E-state index >= 15 is 0 Å². The highest BCUT2D eigenvalue weighted by atomic mass is 35.5. The molecular weight excluding hydrogens is 290 g/mol. The van der Waals surface area contributed by atoms with Crippen LogP contribution < -0.4 is 0 Å². The maximum absolute atomic E-state index is 9.45. The van der Waals surface area contributed by atoms with E-state index < -0.39 is 0 Å². The number of thioether (sulfide) groups is 1. The lowest BCUT2D eigenvalue weighted by atomic mass is 10.2. The van der Waals surface area contributed by atoms with Crippen molar-refractivity contribution in [2.75, 3.05) is 0 Å². The molecule has 3 aromatic rings. The quantitative estimate of drug-likeness (QED) is 0.552. The number of phenolic OH excluding ortho intramolecular Hbond substituents is 1. The number of para-hydroxylation sites is 1. The summed E-state index contributed by atoms with van der Waals surface area (Å²) in [6.45, 7) is 0. The zero-order valence-corrected chi connectivity index (χ0v) is 12.2. The van der Waals surface area contributed by atoms with Gasteiger partial charge in [-0.15, -0.1) is 11.8 Å². The second kappa shape index (κ2) is 5.73. The van der Waals surface area contributed by atoms with Crippen LogP contribution in [0.2, 0.25) is 5.15 Å². The van der Waals surface area contributed by atoms with Gasteiger partial charge in [-0.1, -0.05) is 35.9 Å². The maximum Gasteiger partial charge on any atom is 0.133 e. The third kappa shape index (κ3) is 2.89. The van der Waals surface area contributed by atoms with Gasteiger partial charge in [-0.25, -0.2) is 4.98 Å². The summed E-state index contributed by atoms with van der Waals surface area (Å²) in [4.78, 5) is 5.42. The van der Waals surface area contributed by atoms with Crippen LogP contribution in [0.15, 0.2) is 59.5 Å². The predicted octanol–water partition coefficient (Wildman–Crippen LogP) is 4.89. The third-order valence-electron chi connectivity index (χ3n) is 2.96. The highest BCUT2D eigenvalue weighted by Gasteiger charge is 2.06. The molecule has 0 radical (unpaired) electrons. The van der Waals surface area contributed by atoms with Crippen molar-refractivity contribution in [3.8, 4) is 5.75 Å². The fourth-order valence-electron chi connectivity index (χ4n) is 1.97. The Bertz CT molecular complexity index is 760. The van der Waals surface area contributed by atoms with Gasteiger partial charge in [0.1, 0.15) is 10.9 Å². The first-order valence-corrected chi connectivity index (χ1v) is 7.55. The van der Waals surface area contributed by atoms with E-state index in [2.05, 4.69) is 11.1 Å². The number of aromatic hydroxyl groups is 1. The molecule has 0 aliphatic carbocycles. The van der Waals surface area contributed by atoms with Crippen molar-refractivity contribution in [3.63, 3.8) is 0 Å². The summed E-state index contributed by atoms with van der Waals surface area (Å²) in [5, 5.41) is 11.1. The van der Waals surface area contributed by atoms with E-state index in [0.29, 0.717) is 5.15 Å². The molecule has 1 heterocycles. The summed E-state index contributed by atoms with van der Waals surface area (Å²) in [7, 11) is 0. The number of phenols is 1. The smallest absolute Gasteiger partial charge is 0.133 e. The number of aromatic nitrogens is 1. The number of rotatable bonds is 3. The molecule has 0 aliphatic heterocycles. The van der Waals surface area contributed by atoms with Crippen LogP contribution in [0.1, 0.15) is 5.56 Å². The van der Waals surface area contributed by atoms with Crippen LogP contribution in [0, 0.1) is 0 Å². The molecule has 0 aliphatic rings. The molecular formula is C16H12ClNOS. The van der Waals surface area contributed by atoms with Crippen LogP contribution in [0.4, 0.5) is 0 Å². The van der Waals surface area contributed by atoms with Crippen LogP contribution in [0.25, 0.3) is 10.9 Å². The molecule has 0 amide bonds. The van der Waals surface area contributed by atoms with Gasteiger partial charge in [-0.05, 0) is 30.3 Å². The summed E-state index contributed by atoms with van der Waals surface area (Å²) in [5.41, 5.74) is 1.90. The van der Waals surface area contributed by atoms with Gasteiger partial charge in [0, 0.05) is 21.6 Å². The molecule has 0 saturated carbocycles. The van der Waals surface area contributed by atoms with E-state index in [4.69, 9.17) is 11.6 Å². The predicted molar refractivity (Wildman–Crippen MR) is 84.4 cm³/mol. The number of benzene rings is 2. The van der Waals surface area contributed by atoms with Crippen molar-refractivity contribution in [1.29, 1.82) is 0 Å². The fourth-order valence-corrected chi connectivity index (χ4v) is 3.18. The summed E-state index contributed by atoms with van der Waals surface area (Å²) < 4.78 is 0. The average molecular weight is 302 g/mol. The summed E-state index contributed by atoms with van der Waals surface area (Å²) in [6.07, 6.45) is 0. The second-order valence-electron chi connectivity index (χ2n) is 4.42. The van der Waals surface area contributed by atoms with Crippen LogP contribution in [0.3, 0.4) is 0 Å². The monoisotopic (exact) mass is 301 g/mol. The van der Waals surface area contributed by atoms with E-state index in [1.165, 1.54) is 0 Å². The van der Waals surface area contributed by atoms with Gasteiger partial charge in [-0.3, -0.25) is 0 Å². The van der Waals surface area contributed by atoms with E-state index in [1.807, 2.05) is 36.4 Å². The minimum absolute atomic E-state index is 0.276. The fraction of sp³-hybridized carbons (Fsp3) is 0.0625. The lowest BCUT2D eigenvalue weighted by Gasteiger charge is -2.06. The van der Waals surface area contributed by atoms with Crippen LogP contribution >= 0.6 is 23.4 Å². The number of nitrogens with zero attached hydrogens (tertiary/aromatic N) is 1. The van der Waals surface area contributed by atoms with Crippen LogP contribution in [-0.2, 0) is 5.75 Å². The Balaban J connectivity index is 1.85. The molecule has 0 atom stereocenters. The zero-order valence-electron chi connectivity index (χ0n) is 10.6. The van der Waals surface area contributed by atoms with E-state index in [1.54, 1.807) is 23.9 Å². The first-order chi connectivity index (χ1) is 9.72. The molecule has 2 nitrogen and oxygen atoms in total. The Kier molecular flexibility index (Phi) is 3.81. The Labute approximate surface area is 126 Å². The van der Waals surface area contributed by atoms with Crippen LogP contribution in [0.5, 0.6) is 5.75 Å². The maximum atomic E-state index is 9.45. The van der Waals surface area contributed by atoms with Crippen molar-refractivity contribution in [2.24, 2.45) is 0 Å². The molecule has 0 spiro atoms. The molecule has 1 N–H and O–H groups in total. The number of pyridine rings is 1. The summed E-state index contributed by atoms with van der Waals surface area (Å²) >= 11 is 7.85. The van der Waals surface area contributed by atoms with E-state index in [-0.39, 0.29) is 5.75 Å². The largest absolute Gasteiger partial charge is 0.508 e. The first-order valence-electron chi connectivity index (χ1n) is 6.18. The molecule has 0 fully saturated rings. The lowest BCUT2D eigenvalue weighted by Crippen LogP contribution is -1.88. The second-order valence-corrected chi connectivity index (χ2v) is 5.82. The van der Waals surface area contributed by atoms with Gasteiger partial charge in [-0.2, -0.15) is 0 Å². The van der Waals surface area contributed by atoms with Crippen molar-refractivity contribution in [3.05, 3.63) is 65.3 Å². The SMILES string of the molecule is Oc1cccc(SCc2cc3ccccc3nc2Cl)c1. The normalized spacial score (nSPS) is 10.8. The molecule has 0 saturated heterocycles. The number of halogens is 1. The minimum Gasteiger partial charge on any atom is -0.508 e. The van der Waals surface area contributed by atoms with Crippen molar-refractivity contribution < 1.29 is 5.11 Å². The highest BCUT2D eigenvalue weighted by Crippen LogP contribution is 2.29. The highest BCUT2D eigenvalue weighted by molar-refractivity contribution is 7.98. The van der Waals surface area contributed by atoms with Gasteiger partial charge in [0.25, 0.3) is 0 Å². The zero-order chi connectivity index (χ0) is 13.9. The van der Waals surface area contributed by atoms with Crippen molar-refractivity contribution in [1.82, 2.24) is 4.98 Å². The standard InChI is InChI=1S/C16H12ClNOS/c17-16-12(8-11-4-1-2-7-15(11)18-16)10-20-14-6-3-5-13(19)9-14/h1-9,19H,10H2. The van der Waals surface area contributed by atoms with Crippen molar-refractivity contribution >= 4 is 34.3 Å². The topological polar surface area (TPSA) is 33.1 Å². The third-order valence-corrected chi connectivity index (χ3v) is 4.33. The van der Waals surface area contributed by atoms with Crippen LogP contribution in [-0.4, -0.2) is 10.1 Å². The van der Waals surface area contributed by atoms with Gasteiger partial charge in [0.15, 0.2) is 0 Å². The number of hydrogen-bond donors (Lipinski definition) is 1. The Morgan fingerprint density at radius 2 is 1.90 bits per heavy atom. The minimum atomic E-state index is 0.276. The van der Waals surface area contributed by atoms with Gasteiger partial charge >= 0.3 is 0 Å². The average Bonchev–Trinajstić information content (AvgIpc) is 2.45. The molecule has 0 bridgehead atoms. The van der Waals surface area contributed by atoms with E-state index in [9.17, 15) is 5.11 Å². The number of hydrogen-bond acceptors (Lipinski definition) is 3. The molecule has 1 aromatic heterocycles. The van der Waals surface area contributed by atoms with Gasteiger partial charge in [0.2, 0.25) is 0 Å². The summed E-state index contributed by atoms with van der Waals surface area (Å²) in [5.74, 6) is 0.998. The molecule has 4 heteroatoms. The lowest BCUT2D eigenvalue weighted by molar-refractivity contribution is 0.474. The van der Waals surface area contributed by atoms with Crippen molar-refractivity contribution in [2.45, 2.75) is 10.6 Å². The molecule has 0 unspecified atom stereocenters. The number of fused-ring (bicyclic) bond motifs is 1. The molecule has 100 valence electrons. The van der Waals surface area contributed by atoms with E-state index in [0.717, 1.165) is 27.1 Å².